The van der Waals surface area contributed by atoms with Crippen LogP contribution in [-0.4, -0.2) is 32.8 Å². The maximum Gasteiger partial charge on any atom is 0.168 e. The molecule has 0 spiro atoms. The van der Waals surface area contributed by atoms with E-state index in [-0.39, 0.29) is 5.82 Å². The lowest BCUT2D eigenvalue weighted by Crippen LogP contribution is -2.32. The number of rotatable bonds is 6. The highest BCUT2D eigenvalue weighted by molar-refractivity contribution is 5.87. The second-order valence-electron chi connectivity index (χ2n) is 7.14. The lowest BCUT2D eigenvalue weighted by atomic mass is 10.1. The van der Waals surface area contributed by atoms with E-state index in [9.17, 15) is 4.39 Å². The minimum atomic E-state index is -0.325. The maximum atomic E-state index is 14.2. The van der Waals surface area contributed by atoms with Crippen LogP contribution in [0.1, 0.15) is 27.7 Å². The molecule has 0 fully saturated rings. The molecule has 0 saturated carbocycles. The Morgan fingerprint density at radius 3 is 2.36 bits per heavy atom. The number of aromatic nitrogens is 4. The molecule has 0 saturated heterocycles. The molecule has 132 valence electrons. The predicted octanol–water partition coefficient (Wildman–Crippen LogP) is 4.07. The molecule has 5 nitrogen and oxygen atoms in total. The Morgan fingerprint density at radius 1 is 1.04 bits per heavy atom. The second kappa shape index (κ2) is 7.17. The topological polar surface area (TPSA) is 46.8 Å². The van der Waals surface area contributed by atoms with E-state index in [1.54, 1.807) is 29.1 Å². The lowest BCUT2D eigenvalue weighted by molar-refractivity contribution is 0.550. The fourth-order valence-electron chi connectivity index (χ4n) is 3.01. The Bertz CT molecular complexity index is 846. The summed E-state index contributed by atoms with van der Waals surface area (Å²) in [5.74, 6) is 1.54. The molecule has 6 heteroatoms. The number of anilines is 1. The zero-order valence-corrected chi connectivity index (χ0v) is 15.1. The smallest absolute Gasteiger partial charge is 0.168 e. The monoisotopic (exact) mass is 341 g/mol. The molecular weight excluding hydrogens is 317 g/mol. The fraction of sp³-hybridized carbons (Fsp3) is 0.421. The largest absolute Gasteiger partial charge is 0.355 e. The van der Waals surface area contributed by atoms with E-state index in [2.05, 4.69) is 47.7 Å². The van der Waals surface area contributed by atoms with Crippen LogP contribution in [0.5, 0.6) is 0 Å². The van der Waals surface area contributed by atoms with Crippen molar-refractivity contribution >= 4 is 16.9 Å². The molecule has 0 unspecified atom stereocenters. The minimum absolute atomic E-state index is 0.325. The van der Waals surface area contributed by atoms with E-state index < -0.39 is 0 Å². The number of nitrogens with zero attached hydrogens (tertiary/aromatic N) is 5. The van der Waals surface area contributed by atoms with Gasteiger partial charge in [0, 0.05) is 13.1 Å². The molecule has 1 aromatic carbocycles. The van der Waals surface area contributed by atoms with Crippen LogP contribution < -0.4 is 4.90 Å². The summed E-state index contributed by atoms with van der Waals surface area (Å²) in [6.45, 7) is 10.6. The van der Waals surface area contributed by atoms with Crippen LogP contribution in [0.25, 0.3) is 16.7 Å². The molecule has 0 amide bonds. The van der Waals surface area contributed by atoms with Crippen molar-refractivity contribution in [3.05, 3.63) is 42.6 Å². The minimum Gasteiger partial charge on any atom is -0.355 e. The Labute approximate surface area is 147 Å². The van der Waals surface area contributed by atoms with Gasteiger partial charge in [0.05, 0.1) is 11.6 Å². The van der Waals surface area contributed by atoms with Gasteiger partial charge in [-0.15, -0.1) is 0 Å². The second-order valence-corrected chi connectivity index (χ2v) is 7.14. The summed E-state index contributed by atoms with van der Waals surface area (Å²) < 4.78 is 15.7. The highest BCUT2D eigenvalue weighted by atomic mass is 19.1. The summed E-state index contributed by atoms with van der Waals surface area (Å²) >= 11 is 0. The Kier molecular flexibility index (Phi) is 4.97. The average molecular weight is 341 g/mol. The summed E-state index contributed by atoms with van der Waals surface area (Å²) in [6.07, 6.45) is 3.26. The number of para-hydroxylation sites is 1. The van der Waals surface area contributed by atoms with Gasteiger partial charge >= 0.3 is 0 Å². The maximum absolute atomic E-state index is 14.2. The van der Waals surface area contributed by atoms with Gasteiger partial charge in [-0.25, -0.2) is 19.0 Å². The lowest BCUT2D eigenvalue weighted by Gasteiger charge is -2.27. The van der Waals surface area contributed by atoms with Gasteiger partial charge in [0.25, 0.3) is 0 Å². The van der Waals surface area contributed by atoms with Gasteiger partial charge in [-0.2, -0.15) is 5.10 Å². The van der Waals surface area contributed by atoms with Gasteiger partial charge in [-0.1, -0.05) is 39.8 Å². The third kappa shape index (κ3) is 3.62. The molecule has 0 aliphatic carbocycles. The number of fused-ring (bicyclic) bond motifs is 1. The van der Waals surface area contributed by atoms with Crippen LogP contribution in [0.4, 0.5) is 10.2 Å². The first-order chi connectivity index (χ1) is 12.0. The van der Waals surface area contributed by atoms with Crippen LogP contribution in [0.2, 0.25) is 0 Å². The third-order valence-corrected chi connectivity index (χ3v) is 3.90. The van der Waals surface area contributed by atoms with Crippen LogP contribution in [0, 0.1) is 17.7 Å². The summed E-state index contributed by atoms with van der Waals surface area (Å²) in [5, 5.41) is 5.22. The highest BCUT2D eigenvalue weighted by Gasteiger charge is 2.19. The van der Waals surface area contributed by atoms with Crippen LogP contribution in [-0.2, 0) is 0 Å². The highest BCUT2D eigenvalue weighted by Crippen LogP contribution is 2.26. The Morgan fingerprint density at radius 2 is 1.72 bits per heavy atom. The summed E-state index contributed by atoms with van der Waals surface area (Å²) in [7, 11) is 0. The molecule has 3 rings (SSSR count). The van der Waals surface area contributed by atoms with Crippen molar-refractivity contribution in [3.8, 4) is 5.69 Å². The number of halogens is 1. The molecule has 2 heterocycles. The molecule has 25 heavy (non-hydrogen) atoms. The molecule has 0 atom stereocenters. The molecule has 0 N–H and O–H groups in total. The molecule has 0 radical (unpaired) electrons. The summed E-state index contributed by atoms with van der Waals surface area (Å²) in [5.41, 5.74) is 1.01. The zero-order valence-electron chi connectivity index (χ0n) is 15.1. The molecule has 3 aromatic rings. The van der Waals surface area contributed by atoms with Gasteiger partial charge < -0.3 is 4.90 Å². The van der Waals surface area contributed by atoms with E-state index in [0.717, 1.165) is 24.3 Å². The fourth-order valence-corrected chi connectivity index (χ4v) is 3.01. The number of benzene rings is 1. The van der Waals surface area contributed by atoms with Crippen molar-refractivity contribution in [2.24, 2.45) is 11.8 Å². The molecule has 0 bridgehead atoms. The molecule has 0 aliphatic heterocycles. The predicted molar refractivity (Wildman–Crippen MR) is 98.5 cm³/mol. The van der Waals surface area contributed by atoms with Crippen molar-refractivity contribution in [1.82, 2.24) is 19.7 Å². The van der Waals surface area contributed by atoms with Crippen molar-refractivity contribution in [2.75, 3.05) is 18.0 Å². The van der Waals surface area contributed by atoms with Crippen molar-refractivity contribution in [1.29, 1.82) is 0 Å². The van der Waals surface area contributed by atoms with E-state index in [1.807, 2.05) is 0 Å². The average Bonchev–Trinajstić information content (AvgIpc) is 2.97. The Hall–Kier alpha value is -2.50. The SMILES string of the molecule is CC(C)CN(CC(C)C)c1ncnc2c1cnn2-c1ccccc1F. The number of hydrogen-bond acceptors (Lipinski definition) is 4. The van der Waals surface area contributed by atoms with Gasteiger partial charge in [0.1, 0.15) is 23.6 Å². The first kappa shape index (κ1) is 17.3. The Balaban J connectivity index is 2.10. The molecule has 0 aliphatic rings. The van der Waals surface area contributed by atoms with Crippen LogP contribution in [0.15, 0.2) is 36.8 Å². The zero-order chi connectivity index (χ0) is 18.0. The van der Waals surface area contributed by atoms with Crippen molar-refractivity contribution in [3.63, 3.8) is 0 Å². The molecular formula is C19H24FN5. The van der Waals surface area contributed by atoms with Crippen LogP contribution in [0.3, 0.4) is 0 Å². The third-order valence-electron chi connectivity index (χ3n) is 3.90. The van der Waals surface area contributed by atoms with Gasteiger partial charge in [-0.05, 0) is 24.0 Å². The van der Waals surface area contributed by atoms with Gasteiger partial charge in [0.15, 0.2) is 5.65 Å². The van der Waals surface area contributed by atoms with Gasteiger partial charge in [0.2, 0.25) is 0 Å². The summed E-state index contributed by atoms with van der Waals surface area (Å²) in [6, 6.07) is 6.58. The van der Waals surface area contributed by atoms with E-state index in [4.69, 9.17) is 0 Å². The first-order valence-electron chi connectivity index (χ1n) is 8.66. The van der Waals surface area contributed by atoms with Crippen LogP contribution >= 0.6 is 0 Å². The van der Waals surface area contributed by atoms with Gasteiger partial charge in [-0.3, -0.25) is 0 Å². The molecule has 2 aromatic heterocycles. The standard InChI is InChI=1S/C19H24FN5/c1-13(2)10-24(11-14(3)4)18-15-9-23-25(19(15)22-12-21-18)17-8-6-5-7-16(17)20/h5-9,12-14H,10-11H2,1-4H3. The van der Waals surface area contributed by atoms with Crippen molar-refractivity contribution in [2.45, 2.75) is 27.7 Å². The normalized spacial score (nSPS) is 11.6. The van der Waals surface area contributed by atoms with Crippen molar-refractivity contribution < 1.29 is 4.39 Å². The summed E-state index contributed by atoms with van der Waals surface area (Å²) in [4.78, 5) is 11.1. The quantitative estimate of drug-likeness (QED) is 0.678. The van der Waals surface area contributed by atoms with E-state index in [1.165, 1.54) is 12.4 Å². The van der Waals surface area contributed by atoms with E-state index >= 15 is 0 Å². The first-order valence-corrected chi connectivity index (χ1v) is 8.66. The van der Waals surface area contributed by atoms with E-state index in [0.29, 0.717) is 23.2 Å². The number of hydrogen-bond donors (Lipinski definition) is 0.